The summed E-state index contributed by atoms with van der Waals surface area (Å²) in [7, 11) is 0. The Hall–Kier alpha value is -1.65. The van der Waals surface area contributed by atoms with Crippen LogP contribution >= 0.6 is 11.6 Å². The zero-order chi connectivity index (χ0) is 14.2. The second kappa shape index (κ2) is 7.82. The van der Waals surface area contributed by atoms with Crippen LogP contribution in [0.4, 0.5) is 0 Å². The summed E-state index contributed by atoms with van der Waals surface area (Å²) >= 11 is 6.04. The van der Waals surface area contributed by atoms with Gasteiger partial charge in [-0.15, -0.1) is 0 Å². The van der Waals surface area contributed by atoms with Gasteiger partial charge in [-0.3, -0.25) is 0 Å². The van der Waals surface area contributed by atoms with Gasteiger partial charge < -0.3 is 10.1 Å². The summed E-state index contributed by atoms with van der Waals surface area (Å²) in [5, 5.41) is 4.06. The minimum Gasteiger partial charge on any atom is -0.485 e. The van der Waals surface area contributed by atoms with Gasteiger partial charge in [-0.05, 0) is 37.2 Å². The molecule has 0 saturated heterocycles. The van der Waals surface area contributed by atoms with Crippen molar-refractivity contribution in [3.63, 3.8) is 0 Å². The fourth-order valence-corrected chi connectivity index (χ4v) is 1.97. The molecule has 1 heterocycles. The van der Waals surface area contributed by atoms with E-state index < -0.39 is 0 Å². The Kier molecular flexibility index (Phi) is 5.77. The lowest BCUT2D eigenvalue weighted by Crippen LogP contribution is -2.14. The molecule has 20 heavy (non-hydrogen) atoms. The molecule has 0 spiro atoms. The highest BCUT2D eigenvalue weighted by Gasteiger charge is 2.06. The fraction of sp³-hybridized carbons (Fsp3) is 0.333. The molecule has 1 aromatic carbocycles. The first kappa shape index (κ1) is 14.8. The first-order valence-corrected chi connectivity index (χ1v) is 7.05. The van der Waals surface area contributed by atoms with E-state index in [9.17, 15) is 0 Å². The number of hydrogen-bond acceptors (Lipinski definition) is 4. The van der Waals surface area contributed by atoms with Gasteiger partial charge in [-0.2, -0.15) is 0 Å². The Morgan fingerprint density at radius 3 is 2.80 bits per heavy atom. The van der Waals surface area contributed by atoms with Crippen molar-refractivity contribution in [1.82, 2.24) is 15.3 Å². The van der Waals surface area contributed by atoms with Crippen molar-refractivity contribution in [2.24, 2.45) is 0 Å². The van der Waals surface area contributed by atoms with Gasteiger partial charge in [0, 0.05) is 29.5 Å². The van der Waals surface area contributed by atoms with Crippen LogP contribution in [-0.2, 0) is 13.2 Å². The highest BCUT2D eigenvalue weighted by Crippen LogP contribution is 2.23. The lowest BCUT2D eigenvalue weighted by Gasteiger charge is -2.12. The van der Waals surface area contributed by atoms with Crippen LogP contribution in [0.2, 0.25) is 5.02 Å². The number of aromatic nitrogens is 2. The molecule has 4 nitrogen and oxygen atoms in total. The lowest BCUT2D eigenvalue weighted by atomic mass is 10.2. The third-order valence-electron chi connectivity index (χ3n) is 2.74. The molecule has 0 aliphatic rings. The maximum atomic E-state index is 6.04. The van der Waals surface area contributed by atoms with Crippen molar-refractivity contribution in [3.8, 4) is 5.75 Å². The number of hydrogen-bond donors (Lipinski definition) is 1. The maximum Gasteiger partial charge on any atom is 0.166 e. The van der Waals surface area contributed by atoms with Gasteiger partial charge >= 0.3 is 0 Å². The summed E-state index contributed by atoms with van der Waals surface area (Å²) in [4.78, 5) is 8.28. The molecule has 2 aromatic rings. The van der Waals surface area contributed by atoms with Gasteiger partial charge in [0.05, 0.1) is 0 Å². The Morgan fingerprint density at radius 2 is 2.05 bits per heavy atom. The third kappa shape index (κ3) is 4.47. The van der Waals surface area contributed by atoms with Gasteiger partial charge in [0.2, 0.25) is 0 Å². The molecule has 0 aliphatic carbocycles. The SMILES string of the molecule is CCCNCc1cc(Cl)ccc1OCc1ncccn1. The van der Waals surface area contributed by atoms with E-state index in [4.69, 9.17) is 16.3 Å². The normalized spacial score (nSPS) is 10.5. The van der Waals surface area contributed by atoms with E-state index in [0.717, 1.165) is 30.8 Å². The average Bonchev–Trinajstić information content (AvgIpc) is 2.48. The molecule has 0 radical (unpaired) electrons. The third-order valence-corrected chi connectivity index (χ3v) is 2.98. The molecule has 5 heteroatoms. The molecule has 106 valence electrons. The van der Waals surface area contributed by atoms with Gasteiger partial charge in [-0.25, -0.2) is 9.97 Å². The van der Waals surface area contributed by atoms with Crippen molar-refractivity contribution in [2.75, 3.05) is 6.54 Å². The van der Waals surface area contributed by atoms with E-state index in [-0.39, 0.29) is 0 Å². The molecule has 0 bridgehead atoms. The van der Waals surface area contributed by atoms with E-state index in [2.05, 4.69) is 22.2 Å². The van der Waals surface area contributed by atoms with Crippen LogP contribution in [0.15, 0.2) is 36.7 Å². The molecule has 0 aliphatic heterocycles. The standard InChI is InChI=1S/C15H18ClN3O/c1-2-6-17-10-12-9-13(16)4-5-14(12)20-11-15-18-7-3-8-19-15/h3-5,7-9,17H,2,6,10-11H2,1H3. The van der Waals surface area contributed by atoms with Crippen LogP contribution in [0, 0.1) is 0 Å². The topological polar surface area (TPSA) is 47.0 Å². The van der Waals surface area contributed by atoms with Crippen LogP contribution in [0.1, 0.15) is 24.7 Å². The Labute approximate surface area is 124 Å². The molecular formula is C15H18ClN3O. The molecule has 0 atom stereocenters. The van der Waals surface area contributed by atoms with Crippen molar-refractivity contribution in [1.29, 1.82) is 0 Å². The van der Waals surface area contributed by atoms with Crippen LogP contribution in [0.3, 0.4) is 0 Å². The summed E-state index contributed by atoms with van der Waals surface area (Å²) in [6.07, 6.45) is 4.50. The van der Waals surface area contributed by atoms with Crippen LogP contribution in [-0.4, -0.2) is 16.5 Å². The second-order valence-corrected chi connectivity index (χ2v) is 4.82. The van der Waals surface area contributed by atoms with Crippen molar-refractivity contribution in [2.45, 2.75) is 26.5 Å². The molecular weight excluding hydrogens is 274 g/mol. The number of ether oxygens (including phenoxy) is 1. The predicted molar refractivity (Wildman–Crippen MR) is 79.8 cm³/mol. The molecule has 2 rings (SSSR count). The number of rotatable bonds is 7. The minimum absolute atomic E-state index is 0.350. The zero-order valence-electron chi connectivity index (χ0n) is 11.5. The molecule has 0 unspecified atom stereocenters. The van der Waals surface area contributed by atoms with Crippen LogP contribution in [0.25, 0.3) is 0 Å². The Balaban J connectivity index is 2.02. The van der Waals surface area contributed by atoms with Gasteiger partial charge in [0.25, 0.3) is 0 Å². The van der Waals surface area contributed by atoms with E-state index in [1.54, 1.807) is 18.5 Å². The lowest BCUT2D eigenvalue weighted by molar-refractivity contribution is 0.292. The highest BCUT2D eigenvalue weighted by molar-refractivity contribution is 6.30. The number of nitrogens with one attached hydrogen (secondary N) is 1. The summed E-state index contributed by atoms with van der Waals surface area (Å²) in [5.41, 5.74) is 1.04. The van der Waals surface area contributed by atoms with Crippen LogP contribution < -0.4 is 10.1 Å². The van der Waals surface area contributed by atoms with Crippen molar-refractivity contribution in [3.05, 3.63) is 53.1 Å². The average molecular weight is 292 g/mol. The summed E-state index contributed by atoms with van der Waals surface area (Å²) < 4.78 is 5.79. The van der Waals surface area contributed by atoms with E-state index in [1.165, 1.54) is 0 Å². The monoisotopic (exact) mass is 291 g/mol. The smallest absolute Gasteiger partial charge is 0.166 e. The van der Waals surface area contributed by atoms with Gasteiger partial charge in [0.1, 0.15) is 12.4 Å². The van der Waals surface area contributed by atoms with E-state index >= 15 is 0 Å². The maximum absolute atomic E-state index is 6.04. The zero-order valence-corrected chi connectivity index (χ0v) is 12.2. The summed E-state index contributed by atoms with van der Waals surface area (Å²) in [6, 6.07) is 7.41. The second-order valence-electron chi connectivity index (χ2n) is 4.38. The molecule has 1 aromatic heterocycles. The minimum atomic E-state index is 0.350. The first-order valence-electron chi connectivity index (χ1n) is 6.67. The van der Waals surface area contributed by atoms with E-state index in [1.807, 2.05) is 18.2 Å². The van der Waals surface area contributed by atoms with Crippen molar-refractivity contribution < 1.29 is 4.74 Å². The Bertz CT molecular complexity index is 534. The molecule has 0 saturated carbocycles. The number of benzene rings is 1. The molecule has 0 amide bonds. The quantitative estimate of drug-likeness (QED) is 0.796. The summed E-state index contributed by atoms with van der Waals surface area (Å²) in [5.74, 6) is 1.47. The molecule has 0 fully saturated rings. The summed E-state index contributed by atoms with van der Waals surface area (Å²) in [6.45, 7) is 4.19. The predicted octanol–water partition coefficient (Wildman–Crippen LogP) is 3.21. The highest BCUT2D eigenvalue weighted by atomic mass is 35.5. The Morgan fingerprint density at radius 1 is 1.25 bits per heavy atom. The largest absolute Gasteiger partial charge is 0.485 e. The van der Waals surface area contributed by atoms with Gasteiger partial charge in [0.15, 0.2) is 5.82 Å². The van der Waals surface area contributed by atoms with Crippen molar-refractivity contribution >= 4 is 11.6 Å². The van der Waals surface area contributed by atoms with E-state index in [0.29, 0.717) is 17.5 Å². The fourth-order valence-electron chi connectivity index (χ4n) is 1.77. The van der Waals surface area contributed by atoms with Gasteiger partial charge in [-0.1, -0.05) is 18.5 Å². The van der Waals surface area contributed by atoms with Crippen LogP contribution in [0.5, 0.6) is 5.75 Å². The first-order chi connectivity index (χ1) is 9.79. The number of nitrogens with zero attached hydrogens (tertiary/aromatic N) is 2. The number of halogens is 1. The molecule has 1 N–H and O–H groups in total.